The van der Waals surface area contributed by atoms with Crippen molar-refractivity contribution in [1.82, 2.24) is 9.97 Å². The van der Waals surface area contributed by atoms with Gasteiger partial charge in [-0.1, -0.05) is 0 Å². The Balaban J connectivity index is 2.22. The number of rotatable bonds is 6. The van der Waals surface area contributed by atoms with Crippen LogP contribution in [0.15, 0.2) is 12.4 Å². The lowest BCUT2D eigenvalue weighted by atomic mass is 10.6. The van der Waals surface area contributed by atoms with E-state index >= 15 is 0 Å². The van der Waals surface area contributed by atoms with Gasteiger partial charge in [-0.2, -0.15) is 13.2 Å². The number of hydrogen-bond donors (Lipinski definition) is 3. The molecule has 0 aliphatic rings. The standard InChI is InChI=1S/C8H12F3N5O/c9-8(10,11)5-17-2-1-14-6-3-13-4-7(15-6)16-12/h3-4H,1-2,5,12H2,(H2,14,15,16). The van der Waals surface area contributed by atoms with Crippen molar-refractivity contribution in [2.75, 3.05) is 30.5 Å². The molecule has 0 saturated carbocycles. The van der Waals surface area contributed by atoms with Crippen LogP contribution in [0.2, 0.25) is 0 Å². The quantitative estimate of drug-likeness (QED) is 0.393. The lowest BCUT2D eigenvalue weighted by Gasteiger charge is -2.09. The monoisotopic (exact) mass is 251 g/mol. The zero-order chi connectivity index (χ0) is 12.7. The Bertz CT molecular complexity index is 346. The van der Waals surface area contributed by atoms with Gasteiger partial charge in [0.2, 0.25) is 0 Å². The number of nitrogens with zero attached hydrogens (tertiary/aromatic N) is 2. The zero-order valence-corrected chi connectivity index (χ0v) is 8.79. The summed E-state index contributed by atoms with van der Waals surface area (Å²) in [6.45, 7) is -1.15. The zero-order valence-electron chi connectivity index (χ0n) is 8.79. The molecule has 0 aromatic carbocycles. The molecule has 0 atom stereocenters. The number of alkyl halides is 3. The van der Waals surface area contributed by atoms with E-state index < -0.39 is 12.8 Å². The topological polar surface area (TPSA) is 85.1 Å². The van der Waals surface area contributed by atoms with E-state index in [0.29, 0.717) is 11.6 Å². The summed E-state index contributed by atoms with van der Waals surface area (Å²) in [6, 6.07) is 0. The number of anilines is 2. The van der Waals surface area contributed by atoms with Gasteiger partial charge in [-0.3, -0.25) is 4.98 Å². The highest BCUT2D eigenvalue weighted by molar-refractivity contribution is 5.40. The molecule has 96 valence electrons. The molecule has 1 aromatic rings. The lowest BCUT2D eigenvalue weighted by molar-refractivity contribution is -0.172. The van der Waals surface area contributed by atoms with Gasteiger partial charge in [0.05, 0.1) is 19.0 Å². The fourth-order valence-electron chi connectivity index (χ4n) is 0.960. The van der Waals surface area contributed by atoms with E-state index in [1.807, 2.05) is 0 Å². The largest absolute Gasteiger partial charge is 0.411 e. The van der Waals surface area contributed by atoms with Crippen molar-refractivity contribution in [1.29, 1.82) is 0 Å². The minimum absolute atomic E-state index is 0.0819. The van der Waals surface area contributed by atoms with Gasteiger partial charge >= 0.3 is 6.18 Å². The van der Waals surface area contributed by atoms with E-state index in [1.54, 1.807) is 0 Å². The van der Waals surface area contributed by atoms with Crippen LogP contribution in [0, 0.1) is 0 Å². The van der Waals surface area contributed by atoms with Crippen molar-refractivity contribution < 1.29 is 17.9 Å². The van der Waals surface area contributed by atoms with Crippen molar-refractivity contribution in [3.63, 3.8) is 0 Å². The number of nitrogens with two attached hydrogens (primary N) is 1. The number of halogens is 3. The molecule has 0 amide bonds. The first-order valence-corrected chi connectivity index (χ1v) is 4.68. The highest BCUT2D eigenvalue weighted by atomic mass is 19.4. The average Bonchev–Trinajstić information content (AvgIpc) is 2.27. The number of nitrogens with one attached hydrogen (secondary N) is 2. The van der Waals surface area contributed by atoms with Gasteiger partial charge in [-0.25, -0.2) is 10.8 Å². The van der Waals surface area contributed by atoms with Gasteiger partial charge < -0.3 is 15.5 Å². The summed E-state index contributed by atoms with van der Waals surface area (Å²) in [6.07, 6.45) is -1.47. The molecular formula is C8H12F3N5O. The fraction of sp³-hybridized carbons (Fsp3) is 0.500. The van der Waals surface area contributed by atoms with Crippen LogP contribution in [0.4, 0.5) is 24.8 Å². The summed E-state index contributed by atoms with van der Waals surface area (Å²) in [7, 11) is 0. The van der Waals surface area contributed by atoms with E-state index in [4.69, 9.17) is 5.84 Å². The number of hydrazine groups is 1. The van der Waals surface area contributed by atoms with Crippen LogP contribution in [0.3, 0.4) is 0 Å². The minimum atomic E-state index is -4.30. The number of hydrogen-bond acceptors (Lipinski definition) is 6. The predicted molar refractivity (Wildman–Crippen MR) is 55.2 cm³/mol. The Morgan fingerprint density at radius 1 is 1.29 bits per heavy atom. The molecule has 0 aliphatic carbocycles. The van der Waals surface area contributed by atoms with Crippen LogP contribution < -0.4 is 16.6 Å². The summed E-state index contributed by atoms with van der Waals surface area (Å²) >= 11 is 0. The van der Waals surface area contributed by atoms with Gasteiger partial charge in [0, 0.05) is 6.54 Å². The third-order valence-electron chi connectivity index (χ3n) is 1.60. The number of nitrogen functional groups attached to an aromatic ring is 1. The molecule has 0 spiro atoms. The van der Waals surface area contributed by atoms with Crippen molar-refractivity contribution >= 4 is 11.6 Å². The minimum Gasteiger partial charge on any atom is -0.370 e. The molecule has 4 N–H and O–H groups in total. The second-order valence-corrected chi connectivity index (χ2v) is 3.03. The predicted octanol–water partition coefficient (Wildman–Crippen LogP) is 0.753. The highest BCUT2D eigenvalue weighted by Gasteiger charge is 2.27. The van der Waals surface area contributed by atoms with Crippen LogP contribution in [0.25, 0.3) is 0 Å². The number of aromatic nitrogens is 2. The Kier molecular flexibility index (Phi) is 4.91. The second-order valence-electron chi connectivity index (χ2n) is 3.03. The van der Waals surface area contributed by atoms with E-state index in [1.165, 1.54) is 12.4 Å². The maximum Gasteiger partial charge on any atom is 0.411 e. The summed E-state index contributed by atoms with van der Waals surface area (Å²) in [5.41, 5.74) is 2.30. The van der Waals surface area contributed by atoms with Crippen LogP contribution in [-0.2, 0) is 4.74 Å². The molecule has 0 bridgehead atoms. The van der Waals surface area contributed by atoms with E-state index in [2.05, 4.69) is 25.4 Å². The van der Waals surface area contributed by atoms with Crippen LogP contribution in [0.1, 0.15) is 0 Å². The first-order chi connectivity index (χ1) is 8.01. The van der Waals surface area contributed by atoms with Crippen molar-refractivity contribution in [2.24, 2.45) is 5.84 Å². The molecule has 0 unspecified atom stereocenters. The smallest absolute Gasteiger partial charge is 0.370 e. The van der Waals surface area contributed by atoms with Gasteiger partial charge in [-0.15, -0.1) is 0 Å². The van der Waals surface area contributed by atoms with Crippen molar-refractivity contribution in [2.45, 2.75) is 6.18 Å². The molecule has 1 heterocycles. The van der Waals surface area contributed by atoms with Crippen molar-refractivity contribution in [3.8, 4) is 0 Å². The lowest BCUT2D eigenvalue weighted by Crippen LogP contribution is -2.20. The summed E-state index contributed by atoms with van der Waals surface area (Å²) in [4.78, 5) is 7.76. The Morgan fingerprint density at radius 3 is 2.65 bits per heavy atom. The van der Waals surface area contributed by atoms with Crippen LogP contribution >= 0.6 is 0 Å². The second kappa shape index (κ2) is 6.21. The molecule has 17 heavy (non-hydrogen) atoms. The summed E-state index contributed by atoms with van der Waals surface area (Å²) in [5, 5.41) is 2.74. The fourth-order valence-corrected chi connectivity index (χ4v) is 0.960. The van der Waals surface area contributed by atoms with Gasteiger partial charge in [0.25, 0.3) is 0 Å². The maximum absolute atomic E-state index is 11.7. The summed E-state index contributed by atoms with van der Waals surface area (Å²) in [5.74, 6) is 5.87. The van der Waals surface area contributed by atoms with E-state index in [9.17, 15) is 13.2 Å². The maximum atomic E-state index is 11.7. The third kappa shape index (κ3) is 5.88. The molecule has 0 radical (unpaired) electrons. The Labute approximate surface area is 95.4 Å². The van der Waals surface area contributed by atoms with E-state index in [0.717, 1.165) is 0 Å². The summed E-state index contributed by atoms with van der Waals surface area (Å²) < 4.78 is 39.5. The normalized spacial score (nSPS) is 11.3. The van der Waals surface area contributed by atoms with E-state index in [-0.39, 0.29) is 13.2 Å². The Morgan fingerprint density at radius 2 is 2.00 bits per heavy atom. The average molecular weight is 251 g/mol. The molecule has 1 aromatic heterocycles. The molecule has 0 fully saturated rings. The molecular weight excluding hydrogens is 239 g/mol. The van der Waals surface area contributed by atoms with Gasteiger partial charge in [-0.05, 0) is 0 Å². The van der Waals surface area contributed by atoms with Crippen molar-refractivity contribution in [3.05, 3.63) is 12.4 Å². The van der Waals surface area contributed by atoms with Gasteiger partial charge in [0.1, 0.15) is 12.4 Å². The molecule has 0 saturated heterocycles. The van der Waals surface area contributed by atoms with Gasteiger partial charge in [0.15, 0.2) is 5.82 Å². The molecule has 6 nitrogen and oxygen atoms in total. The Hall–Kier alpha value is -1.61. The first-order valence-electron chi connectivity index (χ1n) is 4.68. The number of ether oxygens (including phenoxy) is 1. The molecule has 0 aliphatic heterocycles. The first kappa shape index (κ1) is 13.5. The SMILES string of the molecule is NNc1cncc(NCCOCC(F)(F)F)n1. The van der Waals surface area contributed by atoms with Crippen LogP contribution in [0.5, 0.6) is 0 Å². The third-order valence-corrected chi connectivity index (χ3v) is 1.60. The van der Waals surface area contributed by atoms with Crippen LogP contribution in [-0.4, -0.2) is 35.9 Å². The highest BCUT2D eigenvalue weighted by Crippen LogP contribution is 2.14. The molecule has 9 heteroatoms. The molecule has 1 rings (SSSR count).